The smallest absolute Gasteiger partial charge is 0.0409 e. The molecular weight excluding hydrogens is 218 g/mol. The summed E-state index contributed by atoms with van der Waals surface area (Å²) >= 11 is 6.07. The van der Waals surface area contributed by atoms with Crippen molar-refractivity contribution < 1.29 is 0 Å². The van der Waals surface area contributed by atoms with Crippen LogP contribution >= 0.6 is 11.6 Å². The van der Waals surface area contributed by atoms with Crippen molar-refractivity contribution in [3.63, 3.8) is 0 Å². The Bertz CT molecular complexity index is 382. The fraction of sp³-hybridized carbons (Fsp3) is 0.571. The summed E-state index contributed by atoms with van der Waals surface area (Å²) in [6.45, 7) is 2.35. The van der Waals surface area contributed by atoms with Gasteiger partial charge in [0.1, 0.15) is 0 Å². The summed E-state index contributed by atoms with van der Waals surface area (Å²) in [5.41, 5.74) is 2.95. The zero-order valence-corrected chi connectivity index (χ0v) is 10.3. The molecule has 0 bridgehead atoms. The van der Waals surface area contributed by atoms with Crippen LogP contribution in [0.3, 0.4) is 0 Å². The van der Waals surface area contributed by atoms with Gasteiger partial charge in [0, 0.05) is 24.2 Å². The number of nitrogens with zero attached hydrogens (tertiary/aromatic N) is 1. The van der Waals surface area contributed by atoms with Crippen molar-refractivity contribution in [2.45, 2.75) is 44.7 Å². The summed E-state index contributed by atoms with van der Waals surface area (Å²) in [6.07, 6.45) is 6.84. The molecule has 0 radical (unpaired) electrons. The Morgan fingerprint density at radius 2 is 1.94 bits per heavy atom. The Labute approximate surface area is 102 Å². The van der Waals surface area contributed by atoms with Crippen molar-refractivity contribution in [3.05, 3.63) is 34.3 Å². The number of benzene rings is 1. The lowest BCUT2D eigenvalue weighted by Gasteiger charge is -2.33. The third kappa shape index (κ3) is 1.99. The highest BCUT2D eigenvalue weighted by atomic mass is 35.5. The van der Waals surface area contributed by atoms with Crippen molar-refractivity contribution in [1.29, 1.82) is 0 Å². The standard InChI is InChI=1S/C14H18ClN/c15-13-6-5-11-7-8-16(10-12(11)9-13)14-3-1-2-4-14/h5-6,9,14H,1-4,7-8,10H2. The molecule has 2 aliphatic rings. The average molecular weight is 236 g/mol. The van der Waals surface area contributed by atoms with Gasteiger partial charge >= 0.3 is 0 Å². The molecule has 0 unspecified atom stereocenters. The van der Waals surface area contributed by atoms with Crippen LogP contribution in [0.5, 0.6) is 0 Å². The minimum absolute atomic E-state index is 0.840. The van der Waals surface area contributed by atoms with Gasteiger partial charge in [-0.2, -0.15) is 0 Å². The molecule has 0 saturated heterocycles. The predicted octanol–water partition coefficient (Wildman–Crippen LogP) is 3.64. The Morgan fingerprint density at radius 1 is 1.12 bits per heavy atom. The number of hydrogen-bond acceptors (Lipinski definition) is 1. The zero-order chi connectivity index (χ0) is 11.0. The highest BCUT2D eigenvalue weighted by Gasteiger charge is 2.25. The lowest BCUT2D eigenvalue weighted by Crippen LogP contribution is -2.37. The molecule has 0 spiro atoms. The van der Waals surface area contributed by atoms with Crippen LogP contribution in [-0.4, -0.2) is 17.5 Å². The van der Waals surface area contributed by atoms with E-state index in [0.717, 1.165) is 17.6 Å². The van der Waals surface area contributed by atoms with Crippen LogP contribution in [0.15, 0.2) is 18.2 Å². The first kappa shape index (κ1) is 10.6. The normalized spacial score (nSPS) is 22.3. The fourth-order valence-electron chi connectivity index (χ4n) is 3.13. The lowest BCUT2D eigenvalue weighted by molar-refractivity contribution is 0.181. The van der Waals surface area contributed by atoms with E-state index in [1.807, 2.05) is 6.07 Å². The van der Waals surface area contributed by atoms with Crippen molar-refractivity contribution in [2.75, 3.05) is 6.54 Å². The summed E-state index contributed by atoms with van der Waals surface area (Å²) in [5.74, 6) is 0. The Hall–Kier alpha value is -0.530. The monoisotopic (exact) mass is 235 g/mol. The largest absolute Gasteiger partial charge is 0.296 e. The fourth-order valence-corrected chi connectivity index (χ4v) is 3.32. The van der Waals surface area contributed by atoms with Crippen LogP contribution in [0.4, 0.5) is 0 Å². The minimum atomic E-state index is 0.840. The average Bonchev–Trinajstić information content (AvgIpc) is 2.81. The predicted molar refractivity (Wildman–Crippen MR) is 67.8 cm³/mol. The first-order chi connectivity index (χ1) is 7.83. The molecular formula is C14H18ClN. The molecule has 0 N–H and O–H groups in total. The van der Waals surface area contributed by atoms with Gasteiger partial charge in [-0.1, -0.05) is 30.5 Å². The van der Waals surface area contributed by atoms with E-state index in [1.54, 1.807) is 0 Å². The molecule has 2 heteroatoms. The van der Waals surface area contributed by atoms with Gasteiger partial charge in [-0.3, -0.25) is 4.90 Å². The van der Waals surface area contributed by atoms with E-state index in [2.05, 4.69) is 17.0 Å². The van der Waals surface area contributed by atoms with E-state index in [-0.39, 0.29) is 0 Å². The van der Waals surface area contributed by atoms with E-state index >= 15 is 0 Å². The van der Waals surface area contributed by atoms with Crippen LogP contribution in [0, 0.1) is 0 Å². The maximum absolute atomic E-state index is 6.07. The molecule has 1 saturated carbocycles. The van der Waals surface area contributed by atoms with Crippen molar-refractivity contribution >= 4 is 11.6 Å². The lowest BCUT2D eigenvalue weighted by atomic mass is 9.98. The van der Waals surface area contributed by atoms with Gasteiger partial charge in [0.25, 0.3) is 0 Å². The molecule has 0 amide bonds. The molecule has 1 heterocycles. The second kappa shape index (κ2) is 4.38. The second-order valence-corrected chi connectivity index (χ2v) is 5.51. The maximum atomic E-state index is 6.07. The number of rotatable bonds is 1. The molecule has 1 aromatic carbocycles. The molecule has 0 atom stereocenters. The molecule has 1 fully saturated rings. The van der Waals surface area contributed by atoms with Crippen LogP contribution < -0.4 is 0 Å². The van der Waals surface area contributed by atoms with E-state index in [9.17, 15) is 0 Å². The highest BCUT2D eigenvalue weighted by molar-refractivity contribution is 6.30. The summed E-state index contributed by atoms with van der Waals surface area (Å²) < 4.78 is 0. The summed E-state index contributed by atoms with van der Waals surface area (Å²) in [4.78, 5) is 2.66. The molecule has 86 valence electrons. The van der Waals surface area contributed by atoms with E-state index < -0.39 is 0 Å². The van der Waals surface area contributed by atoms with E-state index in [1.165, 1.54) is 49.8 Å². The van der Waals surface area contributed by atoms with Gasteiger partial charge in [-0.05, 0) is 42.5 Å². The van der Waals surface area contributed by atoms with Gasteiger partial charge < -0.3 is 0 Å². The number of halogens is 1. The topological polar surface area (TPSA) is 3.24 Å². The van der Waals surface area contributed by atoms with Crippen LogP contribution in [0.2, 0.25) is 5.02 Å². The molecule has 1 nitrogen and oxygen atoms in total. The number of hydrogen-bond donors (Lipinski definition) is 0. The zero-order valence-electron chi connectivity index (χ0n) is 9.58. The molecule has 3 rings (SSSR count). The Kier molecular flexibility index (Phi) is 2.91. The van der Waals surface area contributed by atoms with Crippen molar-refractivity contribution in [3.8, 4) is 0 Å². The SMILES string of the molecule is Clc1ccc2c(c1)CN(C1CCCC1)CC2. The molecule has 1 aliphatic heterocycles. The molecule has 16 heavy (non-hydrogen) atoms. The van der Waals surface area contributed by atoms with E-state index in [0.29, 0.717) is 0 Å². The first-order valence-electron chi connectivity index (χ1n) is 6.34. The first-order valence-corrected chi connectivity index (χ1v) is 6.72. The minimum Gasteiger partial charge on any atom is -0.296 e. The van der Waals surface area contributed by atoms with Crippen LogP contribution in [0.25, 0.3) is 0 Å². The summed E-state index contributed by atoms with van der Waals surface area (Å²) in [5, 5.41) is 0.882. The van der Waals surface area contributed by atoms with Crippen molar-refractivity contribution in [1.82, 2.24) is 4.90 Å². The van der Waals surface area contributed by atoms with Gasteiger partial charge in [0.05, 0.1) is 0 Å². The number of fused-ring (bicyclic) bond motifs is 1. The van der Waals surface area contributed by atoms with Gasteiger partial charge in [0.15, 0.2) is 0 Å². The van der Waals surface area contributed by atoms with Gasteiger partial charge in [-0.15, -0.1) is 0 Å². The van der Waals surface area contributed by atoms with Gasteiger partial charge in [-0.25, -0.2) is 0 Å². The van der Waals surface area contributed by atoms with Crippen LogP contribution in [0.1, 0.15) is 36.8 Å². The highest BCUT2D eigenvalue weighted by Crippen LogP contribution is 2.29. The second-order valence-electron chi connectivity index (χ2n) is 5.07. The molecule has 1 aliphatic carbocycles. The third-order valence-corrected chi connectivity index (χ3v) is 4.29. The van der Waals surface area contributed by atoms with E-state index in [4.69, 9.17) is 11.6 Å². The third-order valence-electron chi connectivity index (χ3n) is 4.05. The molecule has 0 aromatic heterocycles. The quantitative estimate of drug-likeness (QED) is 0.719. The Balaban J connectivity index is 1.79. The summed E-state index contributed by atoms with van der Waals surface area (Å²) in [6, 6.07) is 7.21. The van der Waals surface area contributed by atoms with Crippen molar-refractivity contribution in [2.24, 2.45) is 0 Å². The Morgan fingerprint density at radius 3 is 2.75 bits per heavy atom. The van der Waals surface area contributed by atoms with Crippen LogP contribution in [-0.2, 0) is 13.0 Å². The molecule has 1 aromatic rings. The maximum Gasteiger partial charge on any atom is 0.0409 e. The van der Waals surface area contributed by atoms with Gasteiger partial charge in [0.2, 0.25) is 0 Å². The summed E-state index contributed by atoms with van der Waals surface area (Å²) in [7, 11) is 0.